The molecule has 1 aliphatic heterocycles. The molecule has 14 heavy (non-hydrogen) atoms. The van der Waals surface area contributed by atoms with Crippen molar-refractivity contribution in [2.24, 2.45) is 0 Å². The van der Waals surface area contributed by atoms with Crippen LogP contribution in [0.5, 0.6) is 0 Å². The fraction of sp³-hybridized carbons (Fsp3) is 0.308. The van der Waals surface area contributed by atoms with Crippen LogP contribution in [0.15, 0.2) is 24.4 Å². The van der Waals surface area contributed by atoms with Crippen LogP contribution in [-0.2, 0) is 0 Å². The second kappa shape index (κ2) is 3.49. The van der Waals surface area contributed by atoms with E-state index < -0.39 is 0 Å². The van der Waals surface area contributed by atoms with Crippen LogP contribution < -0.4 is 0 Å². The zero-order valence-corrected chi connectivity index (χ0v) is 8.91. The summed E-state index contributed by atoms with van der Waals surface area (Å²) < 4.78 is 0. The molecule has 0 aromatic heterocycles. The van der Waals surface area contributed by atoms with Gasteiger partial charge in [0.15, 0.2) is 0 Å². The van der Waals surface area contributed by atoms with Crippen molar-refractivity contribution in [2.45, 2.75) is 26.8 Å². The second-order valence-corrected chi connectivity index (χ2v) is 3.97. The molecule has 1 heterocycles. The molecule has 0 amide bonds. The predicted octanol–water partition coefficient (Wildman–Crippen LogP) is 3.08. The van der Waals surface area contributed by atoms with Crippen molar-refractivity contribution < 1.29 is 0 Å². The first-order valence-corrected chi connectivity index (χ1v) is 5.01. The summed E-state index contributed by atoms with van der Waals surface area (Å²) in [5, 5.41) is 0. The maximum Gasteiger partial charge on any atom is 0.127 e. The molecule has 2 radical (unpaired) electrons. The van der Waals surface area contributed by atoms with Crippen LogP contribution in [0, 0.1) is 13.5 Å². The van der Waals surface area contributed by atoms with E-state index in [4.69, 9.17) is 0 Å². The van der Waals surface area contributed by atoms with Gasteiger partial charge >= 0.3 is 0 Å². The van der Waals surface area contributed by atoms with E-state index in [1.165, 1.54) is 16.7 Å². The van der Waals surface area contributed by atoms with Gasteiger partial charge in [-0.15, -0.1) is 0 Å². The Kier molecular flexibility index (Phi) is 2.32. The molecule has 1 aromatic rings. The molecular weight excluding hydrogens is 170 g/mol. The van der Waals surface area contributed by atoms with E-state index >= 15 is 0 Å². The summed E-state index contributed by atoms with van der Waals surface area (Å²) in [4.78, 5) is 2.12. The molecule has 0 unspecified atom stereocenters. The molecule has 0 saturated heterocycles. The van der Waals surface area contributed by atoms with Gasteiger partial charge in [0.1, 0.15) is 6.54 Å². The Morgan fingerprint density at radius 3 is 2.79 bits per heavy atom. The van der Waals surface area contributed by atoms with Gasteiger partial charge in [0.2, 0.25) is 0 Å². The van der Waals surface area contributed by atoms with Crippen LogP contribution >= 0.6 is 0 Å². The number of fused-ring (bicyclic) bond motifs is 1. The fourth-order valence-electron chi connectivity index (χ4n) is 1.61. The van der Waals surface area contributed by atoms with Crippen molar-refractivity contribution >= 4 is 6.08 Å². The van der Waals surface area contributed by atoms with Crippen molar-refractivity contribution in [3.05, 3.63) is 47.6 Å². The maximum absolute atomic E-state index is 3.41. The molecule has 0 aliphatic carbocycles. The molecule has 72 valence electrons. The lowest BCUT2D eigenvalue weighted by Gasteiger charge is -2.28. The molecule has 0 bridgehead atoms. The maximum atomic E-state index is 3.41. The quantitative estimate of drug-likeness (QED) is 0.650. The number of benzene rings is 1. The predicted molar refractivity (Wildman–Crippen MR) is 59.5 cm³/mol. The van der Waals surface area contributed by atoms with Gasteiger partial charge < -0.3 is 4.90 Å². The first-order chi connectivity index (χ1) is 6.68. The normalized spacial score (nSPS) is 14.7. The SMILES string of the molecule is Cc1cccc2c1[C]N(C(C)C)C=C2. The molecule has 0 fully saturated rings. The number of nitrogens with zero attached hydrogens (tertiary/aromatic N) is 1. The zero-order chi connectivity index (χ0) is 10.1. The molecule has 0 N–H and O–H groups in total. The smallest absolute Gasteiger partial charge is 0.127 e. The van der Waals surface area contributed by atoms with Crippen LogP contribution in [-0.4, -0.2) is 10.9 Å². The first kappa shape index (κ1) is 9.32. The average Bonchev–Trinajstić information content (AvgIpc) is 2.18. The van der Waals surface area contributed by atoms with E-state index in [1.54, 1.807) is 0 Å². The summed E-state index contributed by atoms with van der Waals surface area (Å²) in [6.45, 7) is 9.87. The summed E-state index contributed by atoms with van der Waals surface area (Å²) in [6.07, 6.45) is 4.24. The molecule has 1 aromatic carbocycles. The van der Waals surface area contributed by atoms with Crippen LogP contribution in [0.2, 0.25) is 0 Å². The standard InChI is InChI=1S/C13H15N/c1-10(2)14-8-7-12-6-4-5-11(3)13(12)9-14/h4-8,10H,1-3H3. The molecule has 1 nitrogen and oxygen atoms in total. The summed E-state index contributed by atoms with van der Waals surface area (Å²) in [5.74, 6) is 0. The number of rotatable bonds is 1. The largest absolute Gasteiger partial charge is 0.360 e. The van der Waals surface area contributed by atoms with Gasteiger partial charge in [0, 0.05) is 12.2 Å². The summed E-state index contributed by atoms with van der Waals surface area (Å²) >= 11 is 0. The lowest BCUT2D eigenvalue weighted by molar-refractivity contribution is 0.384. The van der Waals surface area contributed by atoms with E-state index in [0.29, 0.717) is 6.04 Å². The minimum absolute atomic E-state index is 0.471. The highest BCUT2D eigenvalue weighted by molar-refractivity contribution is 5.60. The van der Waals surface area contributed by atoms with Gasteiger partial charge in [-0.25, -0.2) is 0 Å². The second-order valence-electron chi connectivity index (χ2n) is 3.97. The minimum atomic E-state index is 0.471. The summed E-state index contributed by atoms with van der Waals surface area (Å²) in [6, 6.07) is 6.82. The van der Waals surface area contributed by atoms with Crippen LogP contribution in [0.4, 0.5) is 0 Å². The van der Waals surface area contributed by atoms with Crippen molar-refractivity contribution in [2.75, 3.05) is 0 Å². The van der Waals surface area contributed by atoms with E-state index in [-0.39, 0.29) is 0 Å². The van der Waals surface area contributed by atoms with Crippen molar-refractivity contribution in [3.63, 3.8) is 0 Å². The average molecular weight is 185 g/mol. The minimum Gasteiger partial charge on any atom is -0.360 e. The van der Waals surface area contributed by atoms with Gasteiger partial charge in [-0.05, 0) is 43.5 Å². The molecule has 2 rings (SSSR count). The Morgan fingerprint density at radius 2 is 2.07 bits per heavy atom. The molecule has 0 atom stereocenters. The molecule has 1 heteroatoms. The Morgan fingerprint density at radius 1 is 1.29 bits per heavy atom. The number of aryl methyl sites for hydroxylation is 1. The highest BCUT2D eigenvalue weighted by atomic mass is 15.1. The van der Waals surface area contributed by atoms with E-state index in [1.807, 2.05) is 0 Å². The molecular formula is C13H15N. The summed E-state index contributed by atoms with van der Waals surface area (Å²) in [7, 11) is 0. The lowest BCUT2D eigenvalue weighted by Crippen LogP contribution is -2.25. The third-order valence-electron chi connectivity index (χ3n) is 2.52. The zero-order valence-electron chi connectivity index (χ0n) is 8.91. The molecule has 0 spiro atoms. The van der Waals surface area contributed by atoms with E-state index in [2.05, 4.69) is 62.7 Å². The topological polar surface area (TPSA) is 3.24 Å². The molecule has 1 aliphatic rings. The van der Waals surface area contributed by atoms with Gasteiger partial charge in [0.05, 0.1) is 0 Å². The van der Waals surface area contributed by atoms with E-state index in [0.717, 1.165) is 0 Å². The molecule has 0 saturated carbocycles. The van der Waals surface area contributed by atoms with Crippen molar-refractivity contribution in [3.8, 4) is 0 Å². The highest BCUT2D eigenvalue weighted by Crippen LogP contribution is 2.25. The first-order valence-electron chi connectivity index (χ1n) is 5.01. The van der Waals surface area contributed by atoms with Crippen molar-refractivity contribution in [1.29, 1.82) is 0 Å². The Balaban J connectivity index is 2.37. The third kappa shape index (κ3) is 1.54. The Labute approximate surface area is 86.1 Å². The fourth-order valence-corrected chi connectivity index (χ4v) is 1.61. The monoisotopic (exact) mass is 185 g/mol. The van der Waals surface area contributed by atoms with Gasteiger partial charge in [0.25, 0.3) is 0 Å². The van der Waals surface area contributed by atoms with Gasteiger partial charge in [-0.1, -0.05) is 18.2 Å². The third-order valence-corrected chi connectivity index (χ3v) is 2.52. The lowest BCUT2D eigenvalue weighted by atomic mass is 9.98. The van der Waals surface area contributed by atoms with Crippen LogP contribution in [0.1, 0.15) is 30.5 Å². The van der Waals surface area contributed by atoms with Crippen LogP contribution in [0.25, 0.3) is 6.08 Å². The highest BCUT2D eigenvalue weighted by Gasteiger charge is 2.15. The summed E-state index contributed by atoms with van der Waals surface area (Å²) in [5.41, 5.74) is 3.78. The van der Waals surface area contributed by atoms with E-state index in [9.17, 15) is 0 Å². The Hall–Kier alpha value is -1.24. The van der Waals surface area contributed by atoms with Crippen LogP contribution in [0.3, 0.4) is 0 Å². The Bertz CT molecular complexity index is 363. The van der Waals surface area contributed by atoms with Crippen molar-refractivity contribution in [1.82, 2.24) is 4.90 Å². The number of hydrogen-bond acceptors (Lipinski definition) is 1. The van der Waals surface area contributed by atoms with Gasteiger partial charge in [-0.2, -0.15) is 0 Å². The van der Waals surface area contributed by atoms with Gasteiger partial charge in [-0.3, -0.25) is 0 Å². The number of hydrogen-bond donors (Lipinski definition) is 0.